The number of hydrogen-bond acceptors (Lipinski definition) is 5. The van der Waals surface area contributed by atoms with Gasteiger partial charge in [-0.2, -0.15) is 0 Å². The van der Waals surface area contributed by atoms with E-state index < -0.39 is 17.4 Å². The predicted molar refractivity (Wildman–Crippen MR) is 131 cm³/mol. The van der Waals surface area contributed by atoms with Gasteiger partial charge in [0.25, 0.3) is 0 Å². The van der Waals surface area contributed by atoms with Crippen molar-refractivity contribution in [2.24, 2.45) is 11.8 Å². The van der Waals surface area contributed by atoms with Gasteiger partial charge in [0.2, 0.25) is 17.7 Å². The highest BCUT2D eigenvalue weighted by molar-refractivity contribution is 6.15. The zero-order valence-corrected chi connectivity index (χ0v) is 19.8. The van der Waals surface area contributed by atoms with Crippen LogP contribution in [0.2, 0.25) is 0 Å². The van der Waals surface area contributed by atoms with E-state index in [0.717, 1.165) is 33.3 Å². The Kier molecular flexibility index (Phi) is 5.05. The third-order valence-corrected chi connectivity index (χ3v) is 7.89. The number of amides is 3. The first-order chi connectivity index (χ1) is 17.0. The number of H-pyrrole nitrogens is 1. The van der Waals surface area contributed by atoms with Gasteiger partial charge in [-0.3, -0.25) is 24.6 Å². The second kappa shape index (κ2) is 8.03. The summed E-state index contributed by atoms with van der Waals surface area (Å²) in [6.45, 7) is 2.68. The lowest BCUT2D eigenvalue weighted by Gasteiger charge is -2.29. The van der Waals surface area contributed by atoms with Crippen molar-refractivity contribution in [1.82, 2.24) is 15.2 Å². The Bertz CT molecular complexity index is 1360. The molecule has 0 bridgehead atoms. The number of nitrogens with zero attached hydrogens (tertiary/aromatic N) is 1. The molecule has 180 valence electrons. The van der Waals surface area contributed by atoms with Crippen LogP contribution < -0.4 is 10.6 Å². The van der Waals surface area contributed by atoms with Crippen molar-refractivity contribution in [3.63, 3.8) is 0 Å². The summed E-state index contributed by atoms with van der Waals surface area (Å²) in [4.78, 5) is 45.8. The van der Waals surface area contributed by atoms with Gasteiger partial charge in [-0.15, -0.1) is 0 Å². The third kappa shape index (κ3) is 3.03. The summed E-state index contributed by atoms with van der Waals surface area (Å²) in [5.41, 5.74) is 3.20. The molecule has 1 aromatic heterocycles. The molecule has 35 heavy (non-hydrogen) atoms. The van der Waals surface area contributed by atoms with Crippen LogP contribution in [-0.2, 0) is 31.1 Å². The van der Waals surface area contributed by atoms with Crippen LogP contribution in [0.1, 0.15) is 23.1 Å². The van der Waals surface area contributed by atoms with Crippen molar-refractivity contribution in [2.75, 3.05) is 25.6 Å². The molecule has 3 amide bonds. The minimum atomic E-state index is -1.27. The second-order valence-electron chi connectivity index (χ2n) is 9.75. The number of rotatable bonds is 6. The number of hydrogen-bond donors (Lipinski definition) is 3. The fourth-order valence-corrected chi connectivity index (χ4v) is 6.34. The molecule has 3 N–H and O–H groups in total. The van der Waals surface area contributed by atoms with Crippen molar-refractivity contribution in [1.29, 1.82) is 0 Å². The quantitative estimate of drug-likeness (QED) is 0.378. The molecular formula is C27H28N4O4. The molecule has 6 rings (SSSR count). The summed E-state index contributed by atoms with van der Waals surface area (Å²) in [6.07, 6.45) is 3.03. The van der Waals surface area contributed by atoms with E-state index in [1.165, 1.54) is 4.90 Å². The third-order valence-electron chi connectivity index (χ3n) is 7.89. The number of likely N-dealkylation sites (tertiary alicyclic amines) is 1. The van der Waals surface area contributed by atoms with Crippen molar-refractivity contribution in [3.8, 4) is 0 Å². The van der Waals surface area contributed by atoms with Crippen LogP contribution in [0.3, 0.4) is 0 Å². The SMILES string of the molecule is COCCCN1C(=O)[C@@H]2[C@H](Cc3c[nH]c4ccccc34)N[C@]3(C(=O)Nc4c(C)cccc43)[C@@H]2C1=O. The van der Waals surface area contributed by atoms with E-state index >= 15 is 0 Å². The molecule has 3 aliphatic heterocycles. The fourth-order valence-electron chi connectivity index (χ4n) is 6.34. The number of aromatic amines is 1. The maximum absolute atomic E-state index is 13.8. The molecule has 0 saturated carbocycles. The molecule has 8 heteroatoms. The Morgan fingerprint density at radius 3 is 2.71 bits per heavy atom. The molecule has 2 saturated heterocycles. The molecule has 3 aliphatic rings. The average Bonchev–Trinajstić information content (AvgIpc) is 3.56. The van der Waals surface area contributed by atoms with E-state index in [2.05, 4.69) is 15.6 Å². The first kappa shape index (κ1) is 22.0. The Balaban J connectivity index is 1.45. The van der Waals surface area contributed by atoms with E-state index in [1.54, 1.807) is 7.11 Å². The summed E-state index contributed by atoms with van der Waals surface area (Å²) in [7, 11) is 1.60. The Morgan fingerprint density at radius 2 is 1.89 bits per heavy atom. The largest absolute Gasteiger partial charge is 0.385 e. The second-order valence-corrected chi connectivity index (χ2v) is 9.75. The number of methoxy groups -OCH3 is 1. The first-order valence-corrected chi connectivity index (χ1v) is 12.1. The molecule has 2 aromatic carbocycles. The van der Waals surface area contributed by atoms with E-state index in [1.807, 2.05) is 55.6 Å². The summed E-state index contributed by atoms with van der Waals surface area (Å²) in [6, 6.07) is 13.4. The van der Waals surface area contributed by atoms with Crippen LogP contribution in [0.4, 0.5) is 5.69 Å². The van der Waals surface area contributed by atoms with Gasteiger partial charge < -0.3 is 15.0 Å². The molecule has 0 radical (unpaired) electrons. The zero-order valence-electron chi connectivity index (χ0n) is 19.8. The van der Waals surface area contributed by atoms with Gasteiger partial charge in [0, 0.05) is 54.7 Å². The molecular weight excluding hydrogens is 444 g/mol. The minimum absolute atomic E-state index is 0.209. The number of fused-ring (bicyclic) bond motifs is 5. The summed E-state index contributed by atoms with van der Waals surface area (Å²) >= 11 is 0. The van der Waals surface area contributed by atoms with Crippen LogP contribution in [-0.4, -0.2) is 53.9 Å². The van der Waals surface area contributed by atoms with Crippen molar-refractivity contribution >= 4 is 34.3 Å². The predicted octanol–water partition coefficient (Wildman–Crippen LogP) is 2.48. The van der Waals surface area contributed by atoms with Crippen LogP contribution in [0.5, 0.6) is 0 Å². The van der Waals surface area contributed by atoms with Crippen molar-refractivity contribution < 1.29 is 19.1 Å². The minimum Gasteiger partial charge on any atom is -0.385 e. The van der Waals surface area contributed by atoms with E-state index in [4.69, 9.17) is 4.74 Å². The molecule has 4 atom stereocenters. The normalized spacial score (nSPS) is 27.2. The number of carbonyl (C=O) groups is 3. The number of imide groups is 1. The maximum atomic E-state index is 13.8. The number of aryl methyl sites for hydroxylation is 1. The highest BCUT2D eigenvalue weighted by Crippen LogP contribution is 2.54. The Labute approximate surface area is 203 Å². The lowest BCUT2D eigenvalue weighted by Crippen LogP contribution is -2.53. The molecule has 3 aromatic rings. The Morgan fingerprint density at radius 1 is 1.06 bits per heavy atom. The molecule has 1 spiro atoms. The molecule has 8 nitrogen and oxygen atoms in total. The molecule has 0 aliphatic carbocycles. The smallest absolute Gasteiger partial charge is 0.250 e. The van der Waals surface area contributed by atoms with Gasteiger partial charge in [0.05, 0.1) is 11.8 Å². The van der Waals surface area contributed by atoms with E-state index in [-0.39, 0.29) is 30.3 Å². The summed E-state index contributed by atoms with van der Waals surface area (Å²) in [5.74, 6) is -2.18. The Hall–Kier alpha value is -3.49. The van der Waals surface area contributed by atoms with Crippen LogP contribution in [0, 0.1) is 18.8 Å². The van der Waals surface area contributed by atoms with Crippen LogP contribution in [0.25, 0.3) is 10.9 Å². The van der Waals surface area contributed by atoms with Gasteiger partial charge in [0.15, 0.2) is 0 Å². The lowest BCUT2D eigenvalue weighted by atomic mass is 9.76. The van der Waals surface area contributed by atoms with Crippen molar-refractivity contribution in [3.05, 3.63) is 65.4 Å². The van der Waals surface area contributed by atoms with Crippen molar-refractivity contribution in [2.45, 2.75) is 31.3 Å². The number of benzene rings is 2. The highest BCUT2D eigenvalue weighted by Gasteiger charge is 2.70. The average molecular weight is 473 g/mol. The van der Waals surface area contributed by atoms with Gasteiger partial charge >= 0.3 is 0 Å². The standard InChI is InChI=1S/C27H28N4O4/c1-15-7-5-9-18-23(15)29-26(34)27(18)22-21(24(32)31(25(22)33)11-6-12-35-2)20(30-27)13-16-14-28-19-10-4-3-8-17(16)19/h3-5,7-10,14,20-22,28,30H,6,11-13H2,1-2H3,(H,29,34)/t20-,21+,22-,27-/m0/s1. The molecule has 4 heterocycles. The number of aromatic nitrogens is 1. The topological polar surface area (TPSA) is 104 Å². The summed E-state index contributed by atoms with van der Waals surface area (Å²) in [5, 5.41) is 7.62. The number of carbonyl (C=O) groups excluding carboxylic acids is 3. The first-order valence-electron chi connectivity index (χ1n) is 12.1. The van der Waals surface area contributed by atoms with Crippen LogP contribution >= 0.6 is 0 Å². The van der Waals surface area contributed by atoms with Gasteiger partial charge in [-0.05, 0) is 37.0 Å². The van der Waals surface area contributed by atoms with E-state index in [0.29, 0.717) is 19.4 Å². The monoisotopic (exact) mass is 472 g/mol. The maximum Gasteiger partial charge on any atom is 0.250 e. The zero-order chi connectivity index (χ0) is 24.3. The number of para-hydroxylation sites is 2. The molecule has 0 unspecified atom stereocenters. The number of nitrogens with one attached hydrogen (secondary N) is 3. The summed E-state index contributed by atoms with van der Waals surface area (Å²) < 4.78 is 5.14. The van der Waals surface area contributed by atoms with Crippen LogP contribution in [0.15, 0.2) is 48.7 Å². The fraction of sp³-hybridized carbons (Fsp3) is 0.370. The van der Waals surface area contributed by atoms with Gasteiger partial charge in [-0.25, -0.2) is 0 Å². The molecule has 2 fully saturated rings. The highest BCUT2D eigenvalue weighted by atomic mass is 16.5. The number of ether oxygens (including phenoxy) is 1. The van der Waals surface area contributed by atoms with Gasteiger partial charge in [-0.1, -0.05) is 36.4 Å². The van der Waals surface area contributed by atoms with Gasteiger partial charge in [0.1, 0.15) is 5.54 Å². The lowest BCUT2D eigenvalue weighted by molar-refractivity contribution is -0.143. The van der Waals surface area contributed by atoms with E-state index in [9.17, 15) is 14.4 Å². The number of anilines is 1.